The van der Waals surface area contributed by atoms with Crippen molar-refractivity contribution in [1.29, 1.82) is 0 Å². The van der Waals surface area contributed by atoms with Crippen molar-refractivity contribution >= 4 is 160 Å². The van der Waals surface area contributed by atoms with Crippen molar-refractivity contribution in [3.05, 3.63) is 121 Å². The van der Waals surface area contributed by atoms with Gasteiger partial charge in [0.1, 0.15) is 62.8 Å². The molecule has 0 aliphatic rings. The van der Waals surface area contributed by atoms with Crippen LogP contribution in [0.3, 0.4) is 0 Å². The Kier molecular flexibility index (Phi) is 8.20. The first-order valence-corrected chi connectivity index (χ1v) is 19.6. The molecule has 0 N–H and O–H groups in total. The first-order chi connectivity index (χ1) is 25.7. The van der Waals surface area contributed by atoms with E-state index in [4.69, 9.17) is 0 Å². The van der Waals surface area contributed by atoms with E-state index < -0.39 is 0 Å². The zero-order valence-electron chi connectivity index (χ0n) is 32.0. The normalized spacial score (nSPS) is 11.6. The Morgan fingerprint density at radius 2 is 0.679 bits per heavy atom. The maximum atomic E-state index is 2.40. The van der Waals surface area contributed by atoms with Crippen molar-refractivity contribution in [2.75, 3.05) is 0 Å². The smallest absolute Gasteiger partial charge is 0.135 e. The van der Waals surface area contributed by atoms with Crippen LogP contribution in [0.25, 0.3) is 86.2 Å². The highest BCUT2D eigenvalue weighted by Gasteiger charge is 2.25. The molecule has 0 aliphatic heterocycles. The van der Waals surface area contributed by atoms with Crippen LogP contribution in [0.15, 0.2) is 121 Å². The van der Waals surface area contributed by atoms with E-state index in [1.807, 2.05) is 11.3 Å². The maximum absolute atomic E-state index is 2.40. The zero-order chi connectivity index (χ0) is 36.7. The van der Waals surface area contributed by atoms with E-state index in [9.17, 15) is 0 Å². The summed E-state index contributed by atoms with van der Waals surface area (Å²) in [4.78, 5) is 0. The van der Waals surface area contributed by atoms with Crippen LogP contribution in [0.5, 0.6) is 0 Å². The maximum Gasteiger partial charge on any atom is 0.139 e. The fourth-order valence-corrected chi connectivity index (χ4v) is 10.2. The van der Waals surface area contributed by atoms with Gasteiger partial charge in [-0.25, -0.2) is 0 Å². The zero-order valence-corrected chi connectivity index (χ0v) is 32.8. The quantitative estimate of drug-likeness (QED) is 0.167. The lowest BCUT2D eigenvalue weighted by atomic mass is 9.59. The van der Waals surface area contributed by atoms with Crippen molar-refractivity contribution in [2.24, 2.45) is 0 Å². The topological polar surface area (TPSA) is 0 Å². The molecular weight excluding hydrogens is 647 g/mol. The molecule has 1 heterocycles. The molecule has 242 valence electrons. The second-order valence-electron chi connectivity index (χ2n) is 15.0. The molecule has 0 bridgehead atoms. The average molecular weight is 683 g/mol. The van der Waals surface area contributed by atoms with Crippen LogP contribution in [0, 0.1) is 0 Å². The van der Waals surface area contributed by atoms with Gasteiger partial charge in [0, 0.05) is 20.2 Å². The van der Waals surface area contributed by atoms with Crippen LogP contribution in [0.2, 0.25) is 0 Å². The first-order valence-electron chi connectivity index (χ1n) is 18.8. The van der Waals surface area contributed by atoms with Gasteiger partial charge in [-0.2, -0.15) is 0 Å². The molecule has 0 saturated carbocycles. The van der Waals surface area contributed by atoms with Gasteiger partial charge in [-0.1, -0.05) is 131 Å². The standard InChI is InChI=1S/C44H36B8S/c45-37-33-30(22-11-5-2-6-12-22)34-36(40(48)44(52)42(50)38(34)46)31(35(33)39(47)43(51)41(37)49)24-17-15-23(16-18-24)29-25(21-9-3-1-4-10-21)19-20-28-32(29)26-13-7-8-14-27(26)53-28/h1-20H,45-52H2. The lowest BCUT2D eigenvalue weighted by molar-refractivity contribution is 1.62. The van der Waals surface area contributed by atoms with Crippen molar-refractivity contribution < 1.29 is 0 Å². The van der Waals surface area contributed by atoms with E-state index in [0.717, 1.165) is 0 Å². The van der Waals surface area contributed by atoms with Gasteiger partial charge in [-0.15, -0.1) is 33.2 Å². The molecule has 0 unspecified atom stereocenters. The van der Waals surface area contributed by atoms with Gasteiger partial charge >= 0.3 is 0 Å². The van der Waals surface area contributed by atoms with Gasteiger partial charge in [0.2, 0.25) is 0 Å². The monoisotopic (exact) mass is 684 g/mol. The third-order valence-electron chi connectivity index (χ3n) is 12.5. The van der Waals surface area contributed by atoms with Crippen LogP contribution in [-0.4, -0.2) is 62.8 Å². The molecule has 9 aromatic rings. The molecule has 9 heteroatoms. The number of fused-ring (bicyclic) bond motifs is 5. The minimum Gasteiger partial charge on any atom is -0.135 e. The van der Waals surface area contributed by atoms with Gasteiger partial charge in [0.25, 0.3) is 0 Å². The highest BCUT2D eigenvalue weighted by Crippen LogP contribution is 2.46. The summed E-state index contributed by atoms with van der Waals surface area (Å²) in [6, 6.07) is 45.1. The van der Waals surface area contributed by atoms with E-state index in [2.05, 4.69) is 184 Å². The Morgan fingerprint density at radius 3 is 1.17 bits per heavy atom. The van der Waals surface area contributed by atoms with Crippen molar-refractivity contribution in [1.82, 2.24) is 0 Å². The molecule has 53 heavy (non-hydrogen) atoms. The minimum absolute atomic E-state index is 1.24. The Labute approximate surface area is 323 Å². The first kappa shape index (κ1) is 33.8. The van der Waals surface area contributed by atoms with Crippen LogP contribution in [-0.2, 0) is 0 Å². The molecule has 0 atom stereocenters. The number of rotatable bonds is 4. The molecule has 0 amide bonds. The molecule has 0 nitrogen and oxygen atoms in total. The summed E-state index contributed by atoms with van der Waals surface area (Å²) in [6.45, 7) is 0. The predicted octanol–water partition coefficient (Wildman–Crippen LogP) is -0.904. The molecule has 9 rings (SSSR count). The Bertz CT molecular complexity index is 2870. The SMILES string of the molecule is Bc1c(B)c(B)c2c(-c3ccc(-c4c(-c5ccccc5)ccc5sc6ccccc6c45)cc3)c3c(B)c(B)c(B)c(B)c3c(-c3ccccc3)c2c1B. The van der Waals surface area contributed by atoms with E-state index in [-0.39, 0.29) is 0 Å². The molecular formula is C44H36B8S. The van der Waals surface area contributed by atoms with Crippen molar-refractivity contribution in [3.63, 3.8) is 0 Å². The molecule has 0 spiro atoms. The summed E-state index contributed by atoms with van der Waals surface area (Å²) in [5.41, 5.74) is 21.4. The van der Waals surface area contributed by atoms with Crippen LogP contribution < -0.4 is 43.7 Å². The minimum atomic E-state index is 1.24. The highest BCUT2D eigenvalue weighted by molar-refractivity contribution is 7.26. The van der Waals surface area contributed by atoms with Gasteiger partial charge in [-0.05, 0) is 78.2 Å². The fourth-order valence-electron chi connectivity index (χ4n) is 9.09. The van der Waals surface area contributed by atoms with Crippen LogP contribution in [0.1, 0.15) is 0 Å². The number of benzene rings is 8. The van der Waals surface area contributed by atoms with E-state index in [1.54, 1.807) is 0 Å². The van der Waals surface area contributed by atoms with E-state index in [1.165, 1.54) is 130 Å². The summed E-state index contributed by atoms with van der Waals surface area (Å²) < 4.78 is 2.65. The van der Waals surface area contributed by atoms with Gasteiger partial charge in [0.05, 0.1) is 0 Å². The fraction of sp³-hybridized carbons (Fsp3) is 0. The van der Waals surface area contributed by atoms with Crippen LogP contribution in [0.4, 0.5) is 0 Å². The second kappa shape index (κ2) is 12.9. The third kappa shape index (κ3) is 5.08. The third-order valence-corrected chi connectivity index (χ3v) is 13.7. The van der Waals surface area contributed by atoms with Crippen LogP contribution >= 0.6 is 11.3 Å². The van der Waals surface area contributed by atoms with Gasteiger partial charge in [0.15, 0.2) is 0 Å². The van der Waals surface area contributed by atoms with E-state index in [0.29, 0.717) is 0 Å². The number of hydrogen-bond donors (Lipinski definition) is 0. The molecule has 0 radical (unpaired) electrons. The molecule has 8 aromatic carbocycles. The summed E-state index contributed by atoms with van der Waals surface area (Å²) in [7, 11) is 18.6. The number of thiophene rings is 1. The Balaban J connectivity index is 1.41. The Hall–Kier alpha value is -4.98. The largest absolute Gasteiger partial charge is 0.139 e. The van der Waals surface area contributed by atoms with Gasteiger partial charge in [-0.3, -0.25) is 0 Å². The summed E-state index contributed by atoms with van der Waals surface area (Å²) in [5, 5.41) is 8.20. The highest BCUT2D eigenvalue weighted by atomic mass is 32.1. The molecule has 1 aromatic heterocycles. The molecule has 0 fully saturated rings. The van der Waals surface area contributed by atoms with Crippen molar-refractivity contribution in [2.45, 2.75) is 0 Å². The van der Waals surface area contributed by atoms with Gasteiger partial charge < -0.3 is 0 Å². The average Bonchev–Trinajstić information content (AvgIpc) is 3.58. The summed E-state index contributed by atoms with van der Waals surface area (Å²) in [6.07, 6.45) is 0. The number of hydrogen-bond acceptors (Lipinski definition) is 1. The van der Waals surface area contributed by atoms with Crippen molar-refractivity contribution in [3.8, 4) is 44.5 Å². The lowest BCUT2D eigenvalue weighted by Crippen LogP contribution is -2.50. The lowest BCUT2D eigenvalue weighted by Gasteiger charge is -2.28. The summed E-state index contributed by atoms with van der Waals surface area (Å²) in [5.74, 6) is 0. The summed E-state index contributed by atoms with van der Waals surface area (Å²) >= 11 is 1.89. The van der Waals surface area contributed by atoms with E-state index >= 15 is 0 Å². The Morgan fingerprint density at radius 1 is 0.283 bits per heavy atom. The molecule has 0 aliphatic carbocycles. The predicted molar refractivity (Wildman–Crippen MR) is 262 cm³/mol. The second-order valence-corrected chi connectivity index (χ2v) is 16.1. The molecule has 0 saturated heterocycles.